The fraction of sp³-hybridized carbons (Fsp3) is 0.300. The van der Waals surface area contributed by atoms with Crippen LogP contribution in [-0.4, -0.2) is 17.8 Å². The summed E-state index contributed by atoms with van der Waals surface area (Å²) in [7, 11) is 0. The SMILES string of the molecule is C=[N+](CC)Cc1ccccc1. The Labute approximate surface area is 68.0 Å². The Balaban J connectivity index is 2.58. The van der Waals surface area contributed by atoms with Crippen LogP contribution < -0.4 is 0 Å². The molecule has 0 heterocycles. The van der Waals surface area contributed by atoms with E-state index in [2.05, 4.69) is 37.9 Å². The zero-order chi connectivity index (χ0) is 8.10. The van der Waals surface area contributed by atoms with E-state index in [1.807, 2.05) is 10.6 Å². The predicted octanol–water partition coefficient (Wildman–Crippen LogP) is 1.92. The van der Waals surface area contributed by atoms with Crippen LogP contribution in [0.25, 0.3) is 0 Å². The van der Waals surface area contributed by atoms with Crippen LogP contribution >= 0.6 is 0 Å². The molecule has 1 rings (SSSR count). The Kier molecular flexibility index (Phi) is 2.84. The Hall–Kier alpha value is -1.11. The Morgan fingerprint density at radius 3 is 2.45 bits per heavy atom. The van der Waals surface area contributed by atoms with Crippen molar-refractivity contribution in [1.82, 2.24) is 0 Å². The highest BCUT2D eigenvalue weighted by Crippen LogP contribution is 1.98. The molecule has 0 aliphatic rings. The predicted molar refractivity (Wildman–Crippen MR) is 48.1 cm³/mol. The fourth-order valence-corrected chi connectivity index (χ4v) is 0.953. The molecule has 0 bridgehead atoms. The Bertz CT molecular complexity index is 226. The van der Waals surface area contributed by atoms with Gasteiger partial charge in [0.25, 0.3) is 0 Å². The zero-order valence-electron chi connectivity index (χ0n) is 6.96. The van der Waals surface area contributed by atoms with Gasteiger partial charge in [0.05, 0.1) is 0 Å². The molecule has 0 aromatic heterocycles. The summed E-state index contributed by atoms with van der Waals surface area (Å²) in [6, 6.07) is 10.4. The first-order chi connectivity index (χ1) is 5.33. The second-order valence-corrected chi connectivity index (χ2v) is 2.63. The summed E-state index contributed by atoms with van der Waals surface area (Å²) in [6.45, 7) is 7.93. The van der Waals surface area contributed by atoms with Crippen molar-refractivity contribution < 1.29 is 4.58 Å². The summed E-state index contributed by atoms with van der Waals surface area (Å²) in [6.07, 6.45) is 0. The third-order valence-corrected chi connectivity index (χ3v) is 1.70. The van der Waals surface area contributed by atoms with Gasteiger partial charge in [0.15, 0.2) is 6.54 Å². The topological polar surface area (TPSA) is 3.01 Å². The van der Waals surface area contributed by atoms with Crippen molar-refractivity contribution >= 4 is 6.72 Å². The molecule has 1 nitrogen and oxygen atoms in total. The lowest BCUT2D eigenvalue weighted by atomic mass is 10.2. The first-order valence-corrected chi connectivity index (χ1v) is 3.92. The van der Waals surface area contributed by atoms with E-state index in [0.29, 0.717) is 0 Å². The molecule has 0 saturated heterocycles. The Morgan fingerprint density at radius 1 is 1.27 bits per heavy atom. The van der Waals surface area contributed by atoms with E-state index in [1.54, 1.807) is 0 Å². The van der Waals surface area contributed by atoms with Crippen LogP contribution in [0.5, 0.6) is 0 Å². The van der Waals surface area contributed by atoms with Crippen molar-refractivity contribution in [2.24, 2.45) is 0 Å². The first kappa shape index (κ1) is 7.99. The number of nitrogens with zero attached hydrogens (tertiary/aromatic N) is 1. The zero-order valence-corrected chi connectivity index (χ0v) is 6.96. The first-order valence-electron chi connectivity index (χ1n) is 3.92. The number of hydrogen-bond donors (Lipinski definition) is 0. The Morgan fingerprint density at radius 2 is 1.91 bits per heavy atom. The molecule has 58 valence electrons. The highest BCUT2D eigenvalue weighted by molar-refractivity contribution is 5.17. The monoisotopic (exact) mass is 148 g/mol. The largest absolute Gasteiger partial charge is 0.238 e. The van der Waals surface area contributed by atoms with Crippen LogP contribution in [0.4, 0.5) is 0 Å². The van der Waals surface area contributed by atoms with E-state index in [1.165, 1.54) is 5.56 Å². The summed E-state index contributed by atoms with van der Waals surface area (Å²) in [5.41, 5.74) is 1.32. The van der Waals surface area contributed by atoms with Crippen molar-refractivity contribution in [1.29, 1.82) is 0 Å². The minimum absolute atomic E-state index is 0.942. The van der Waals surface area contributed by atoms with Crippen molar-refractivity contribution in [2.75, 3.05) is 6.54 Å². The van der Waals surface area contributed by atoms with Crippen LogP contribution in [0.2, 0.25) is 0 Å². The molecule has 0 spiro atoms. The lowest BCUT2D eigenvalue weighted by Crippen LogP contribution is -2.07. The van der Waals surface area contributed by atoms with Gasteiger partial charge in [-0.15, -0.1) is 0 Å². The maximum atomic E-state index is 3.89. The van der Waals surface area contributed by atoms with Gasteiger partial charge in [-0.2, -0.15) is 0 Å². The van der Waals surface area contributed by atoms with Crippen molar-refractivity contribution in [3.8, 4) is 0 Å². The summed E-state index contributed by atoms with van der Waals surface area (Å²) in [4.78, 5) is 0. The van der Waals surface area contributed by atoms with Crippen LogP contribution in [0.15, 0.2) is 30.3 Å². The highest BCUT2D eigenvalue weighted by Gasteiger charge is 1.97. The maximum Gasteiger partial charge on any atom is 0.167 e. The summed E-state index contributed by atoms with van der Waals surface area (Å²) in [5.74, 6) is 0. The molecule has 0 N–H and O–H groups in total. The highest BCUT2D eigenvalue weighted by atomic mass is 15.0. The molecule has 0 unspecified atom stereocenters. The number of hydrogen-bond acceptors (Lipinski definition) is 0. The van der Waals surface area contributed by atoms with E-state index in [4.69, 9.17) is 0 Å². The third kappa shape index (κ3) is 2.54. The van der Waals surface area contributed by atoms with Crippen molar-refractivity contribution in [3.63, 3.8) is 0 Å². The lowest BCUT2D eigenvalue weighted by Gasteiger charge is -1.97. The normalized spacial score (nSPS) is 9.55. The minimum Gasteiger partial charge on any atom is -0.238 e. The van der Waals surface area contributed by atoms with Crippen LogP contribution in [0, 0.1) is 0 Å². The van der Waals surface area contributed by atoms with Crippen molar-refractivity contribution in [3.05, 3.63) is 35.9 Å². The summed E-state index contributed by atoms with van der Waals surface area (Å²) >= 11 is 0. The molecule has 0 fully saturated rings. The van der Waals surface area contributed by atoms with Crippen LogP contribution in [0.3, 0.4) is 0 Å². The lowest BCUT2D eigenvalue weighted by molar-refractivity contribution is -0.532. The van der Waals surface area contributed by atoms with Gasteiger partial charge in [-0.3, -0.25) is 0 Å². The van der Waals surface area contributed by atoms with Gasteiger partial charge < -0.3 is 0 Å². The molecule has 0 radical (unpaired) electrons. The molecule has 0 saturated carbocycles. The van der Waals surface area contributed by atoms with Gasteiger partial charge in [0.2, 0.25) is 0 Å². The van der Waals surface area contributed by atoms with E-state index in [9.17, 15) is 0 Å². The molecule has 11 heavy (non-hydrogen) atoms. The minimum atomic E-state index is 0.942. The van der Waals surface area contributed by atoms with Crippen LogP contribution in [-0.2, 0) is 6.54 Å². The molecule has 1 aromatic rings. The van der Waals surface area contributed by atoms with Crippen LogP contribution in [0.1, 0.15) is 12.5 Å². The summed E-state index contributed by atoms with van der Waals surface area (Å²) in [5, 5.41) is 0. The standard InChI is InChI=1S/C10H14N/c1-3-11(2)9-10-7-5-4-6-8-10/h4-8H,2-3,9H2,1H3/q+1. The molecule has 1 aromatic carbocycles. The van der Waals surface area contributed by atoms with Gasteiger partial charge in [-0.05, 0) is 6.92 Å². The van der Waals surface area contributed by atoms with Gasteiger partial charge in [0.1, 0.15) is 13.3 Å². The maximum absolute atomic E-state index is 3.89. The second kappa shape index (κ2) is 3.91. The molecular weight excluding hydrogens is 134 g/mol. The molecular formula is C10H14N+. The molecule has 1 heteroatoms. The number of benzene rings is 1. The molecule has 0 amide bonds. The van der Waals surface area contributed by atoms with E-state index in [-0.39, 0.29) is 0 Å². The van der Waals surface area contributed by atoms with Gasteiger partial charge in [-0.1, -0.05) is 30.3 Å². The van der Waals surface area contributed by atoms with Gasteiger partial charge in [0, 0.05) is 5.56 Å². The second-order valence-electron chi connectivity index (χ2n) is 2.63. The molecule has 0 aliphatic carbocycles. The average Bonchev–Trinajstić information content (AvgIpc) is 2.06. The third-order valence-electron chi connectivity index (χ3n) is 1.70. The quantitative estimate of drug-likeness (QED) is 0.455. The number of rotatable bonds is 3. The van der Waals surface area contributed by atoms with Gasteiger partial charge >= 0.3 is 0 Å². The van der Waals surface area contributed by atoms with E-state index in [0.717, 1.165) is 13.1 Å². The fourth-order valence-electron chi connectivity index (χ4n) is 0.953. The van der Waals surface area contributed by atoms with Gasteiger partial charge in [-0.25, -0.2) is 4.58 Å². The van der Waals surface area contributed by atoms with E-state index < -0.39 is 0 Å². The van der Waals surface area contributed by atoms with E-state index >= 15 is 0 Å². The molecule has 0 aliphatic heterocycles. The summed E-state index contributed by atoms with van der Waals surface area (Å²) < 4.78 is 2.04. The van der Waals surface area contributed by atoms with Crippen molar-refractivity contribution in [2.45, 2.75) is 13.5 Å². The average molecular weight is 148 g/mol. The molecule has 0 atom stereocenters. The smallest absolute Gasteiger partial charge is 0.167 e.